The number of nitrogens with two attached hydrogens (primary N) is 1. The Hall–Kier alpha value is -2.07. The van der Waals surface area contributed by atoms with Gasteiger partial charge in [-0.1, -0.05) is 23.7 Å². The number of aromatic nitrogens is 1. The van der Waals surface area contributed by atoms with Crippen LogP contribution >= 0.6 is 11.6 Å². The molecule has 1 aromatic heterocycles. The molecule has 1 saturated carbocycles. The minimum atomic E-state index is -0.496. The molecule has 0 saturated heterocycles. The fraction of sp³-hybridized carbons (Fsp3) is 0.188. The van der Waals surface area contributed by atoms with Crippen molar-refractivity contribution in [1.29, 1.82) is 0 Å². The second kappa shape index (κ2) is 4.21. The molecule has 0 atom stereocenters. The molecule has 1 heterocycles. The molecule has 21 heavy (non-hydrogen) atoms. The minimum Gasteiger partial charge on any atom is -0.440 e. The number of benzene rings is 2. The molecular weight excluding hydrogens is 291 g/mol. The van der Waals surface area contributed by atoms with Crippen LogP contribution in [-0.4, -0.2) is 4.98 Å². The number of anilines is 1. The van der Waals surface area contributed by atoms with Crippen LogP contribution in [-0.2, 0) is 5.41 Å². The zero-order valence-electron chi connectivity index (χ0n) is 11.1. The van der Waals surface area contributed by atoms with E-state index in [0.717, 1.165) is 24.1 Å². The summed E-state index contributed by atoms with van der Waals surface area (Å²) >= 11 is 5.79. The van der Waals surface area contributed by atoms with Crippen molar-refractivity contribution in [2.75, 3.05) is 5.73 Å². The summed E-state index contributed by atoms with van der Waals surface area (Å²) in [5, 5.41) is 0.0553. The summed E-state index contributed by atoms with van der Waals surface area (Å²) in [5.41, 5.74) is 8.37. The summed E-state index contributed by atoms with van der Waals surface area (Å²) in [6.45, 7) is 0. The van der Waals surface area contributed by atoms with Crippen LogP contribution in [0.4, 0.5) is 10.1 Å². The Balaban J connectivity index is 1.84. The number of halogens is 2. The molecule has 1 aliphatic carbocycles. The first-order valence-electron chi connectivity index (χ1n) is 6.71. The smallest absolute Gasteiger partial charge is 0.206 e. The second-order valence-corrected chi connectivity index (χ2v) is 5.86. The van der Waals surface area contributed by atoms with Gasteiger partial charge < -0.3 is 10.2 Å². The molecule has 4 rings (SSSR count). The van der Waals surface area contributed by atoms with Crippen molar-refractivity contribution in [1.82, 2.24) is 4.98 Å². The lowest BCUT2D eigenvalue weighted by molar-refractivity contribution is 0.490. The summed E-state index contributed by atoms with van der Waals surface area (Å²) in [6.07, 6.45) is 1.92. The quantitative estimate of drug-likeness (QED) is 0.719. The largest absolute Gasteiger partial charge is 0.440 e. The van der Waals surface area contributed by atoms with Crippen molar-refractivity contribution in [3.8, 4) is 0 Å². The van der Waals surface area contributed by atoms with Crippen molar-refractivity contribution in [2.45, 2.75) is 18.3 Å². The molecule has 3 nitrogen and oxygen atoms in total. The minimum absolute atomic E-state index is 0.0553. The van der Waals surface area contributed by atoms with E-state index in [1.54, 1.807) is 0 Å². The molecule has 1 fully saturated rings. The Labute approximate surface area is 125 Å². The number of hydrogen-bond donors (Lipinski definition) is 1. The molecule has 0 radical (unpaired) electrons. The van der Waals surface area contributed by atoms with Gasteiger partial charge in [-0.15, -0.1) is 0 Å². The van der Waals surface area contributed by atoms with Crippen LogP contribution in [0.25, 0.3) is 11.1 Å². The first-order valence-corrected chi connectivity index (χ1v) is 7.08. The summed E-state index contributed by atoms with van der Waals surface area (Å²) < 4.78 is 19.3. The molecule has 3 aromatic rings. The van der Waals surface area contributed by atoms with Gasteiger partial charge in [0.2, 0.25) is 5.89 Å². The van der Waals surface area contributed by atoms with Crippen molar-refractivity contribution in [3.05, 3.63) is 58.7 Å². The van der Waals surface area contributed by atoms with E-state index in [2.05, 4.69) is 4.98 Å². The molecule has 106 valence electrons. The predicted octanol–water partition coefficient (Wildman–Crippen LogP) is 4.28. The lowest BCUT2D eigenvalue weighted by Crippen LogP contribution is -2.08. The van der Waals surface area contributed by atoms with Gasteiger partial charge in [-0.25, -0.2) is 9.37 Å². The van der Waals surface area contributed by atoms with Crippen LogP contribution in [0.15, 0.2) is 40.8 Å². The maximum absolute atomic E-state index is 13.5. The molecule has 2 aromatic carbocycles. The highest BCUT2D eigenvalue weighted by Gasteiger charge is 2.50. The Kier molecular flexibility index (Phi) is 2.54. The number of fused-ring (bicyclic) bond motifs is 1. The molecule has 5 heteroatoms. The van der Waals surface area contributed by atoms with E-state index < -0.39 is 5.82 Å². The summed E-state index contributed by atoms with van der Waals surface area (Å²) in [7, 11) is 0. The summed E-state index contributed by atoms with van der Waals surface area (Å²) in [4.78, 5) is 4.50. The number of rotatable bonds is 2. The Morgan fingerprint density at radius 1 is 1.19 bits per heavy atom. The maximum Gasteiger partial charge on any atom is 0.206 e. The van der Waals surface area contributed by atoms with E-state index in [4.69, 9.17) is 21.8 Å². The van der Waals surface area contributed by atoms with Crippen LogP contribution in [0.2, 0.25) is 5.02 Å². The molecule has 1 aliphatic rings. The van der Waals surface area contributed by atoms with Gasteiger partial charge in [-0.05, 0) is 36.6 Å². The molecular formula is C16H12ClFN2O. The standard InChI is InChI=1S/C16H12ClFN2O/c17-11-7-13-14(8-12(11)18)21-15(20-13)16(5-6-16)9-1-3-10(19)4-2-9/h1-4,7-8H,5-6,19H2. The van der Waals surface area contributed by atoms with Crippen LogP contribution < -0.4 is 5.73 Å². The Morgan fingerprint density at radius 2 is 1.90 bits per heavy atom. The van der Waals surface area contributed by atoms with Gasteiger partial charge in [0.15, 0.2) is 5.58 Å². The topological polar surface area (TPSA) is 52.0 Å². The van der Waals surface area contributed by atoms with E-state index >= 15 is 0 Å². The first kappa shape index (κ1) is 12.7. The fourth-order valence-electron chi connectivity index (χ4n) is 2.68. The van der Waals surface area contributed by atoms with E-state index in [0.29, 0.717) is 17.0 Å². The van der Waals surface area contributed by atoms with Gasteiger partial charge in [0.25, 0.3) is 0 Å². The predicted molar refractivity (Wildman–Crippen MR) is 79.8 cm³/mol. The third-order valence-electron chi connectivity index (χ3n) is 4.05. The second-order valence-electron chi connectivity index (χ2n) is 5.46. The highest BCUT2D eigenvalue weighted by Crippen LogP contribution is 2.53. The summed E-state index contributed by atoms with van der Waals surface area (Å²) in [5.74, 6) is 0.119. The van der Waals surface area contributed by atoms with Gasteiger partial charge in [0.1, 0.15) is 11.3 Å². The molecule has 0 amide bonds. The van der Waals surface area contributed by atoms with Crippen molar-refractivity contribution in [3.63, 3.8) is 0 Å². The zero-order valence-corrected chi connectivity index (χ0v) is 11.8. The SMILES string of the molecule is Nc1ccc(C2(c3nc4cc(Cl)c(F)cc4o3)CC2)cc1. The number of oxazole rings is 1. The van der Waals surface area contributed by atoms with E-state index in [-0.39, 0.29) is 10.4 Å². The van der Waals surface area contributed by atoms with Crippen LogP contribution in [0.1, 0.15) is 24.3 Å². The number of nitrogens with zero attached hydrogens (tertiary/aromatic N) is 1. The van der Waals surface area contributed by atoms with Gasteiger partial charge in [-0.3, -0.25) is 0 Å². The van der Waals surface area contributed by atoms with Gasteiger partial charge in [-0.2, -0.15) is 0 Å². The molecule has 2 N–H and O–H groups in total. The van der Waals surface area contributed by atoms with E-state index in [1.165, 1.54) is 12.1 Å². The normalized spacial score (nSPS) is 16.3. The van der Waals surface area contributed by atoms with Crippen molar-refractivity contribution in [2.24, 2.45) is 0 Å². The Bertz CT molecular complexity index is 798. The van der Waals surface area contributed by atoms with Crippen LogP contribution in [0.5, 0.6) is 0 Å². The number of hydrogen-bond acceptors (Lipinski definition) is 3. The molecule has 0 aliphatic heterocycles. The van der Waals surface area contributed by atoms with Gasteiger partial charge >= 0.3 is 0 Å². The highest BCUT2D eigenvalue weighted by atomic mass is 35.5. The van der Waals surface area contributed by atoms with E-state index in [1.807, 2.05) is 24.3 Å². The third kappa shape index (κ3) is 1.90. The Morgan fingerprint density at radius 3 is 2.57 bits per heavy atom. The molecule has 0 spiro atoms. The summed E-state index contributed by atoms with van der Waals surface area (Å²) in [6, 6.07) is 10.5. The van der Waals surface area contributed by atoms with Crippen molar-refractivity contribution >= 4 is 28.4 Å². The average Bonchev–Trinajstić information content (AvgIpc) is 3.17. The highest BCUT2D eigenvalue weighted by molar-refractivity contribution is 6.31. The lowest BCUT2D eigenvalue weighted by Gasteiger charge is -2.11. The van der Waals surface area contributed by atoms with E-state index in [9.17, 15) is 4.39 Å². The molecule has 0 bridgehead atoms. The van der Waals surface area contributed by atoms with Crippen LogP contribution in [0, 0.1) is 5.82 Å². The van der Waals surface area contributed by atoms with Gasteiger partial charge in [0, 0.05) is 11.8 Å². The monoisotopic (exact) mass is 302 g/mol. The van der Waals surface area contributed by atoms with Gasteiger partial charge in [0.05, 0.1) is 10.4 Å². The molecule has 0 unspecified atom stereocenters. The maximum atomic E-state index is 13.5. The third-order valence-corrected chi connectivity index (χ3v) is 4.34. The average molecular weight is 303 g/mol. The zero-order chi connectivity index (χ0) is 14.6. The first-order chi connectivity index (χ1) is 10.1. The van der Waals surface area contributed by atoms with Crippen LogP contribution in [0.3, 0.4) is 0 Å². The number of nitrogen functional groups attached to an aromatic ring is 1. The lowest BCUT2D eigenvalue weighted by atomic mass is 9.96. The van der Waals surface area contributed by atoms with Crippen molar-refractivity contribution < 1.29 is 8.81 Å². The fourth-order valence-corrected chi connectivity index (χ4v) is 2.84.